The maximum Gasteiger partial charge on any atom is 0.344 e. The van der Waals surface area contributed by atoms with Gasteiger partial charge in [0.05, 0.1) is 37.1 Å². The zero-order chi connectivity index (χ0) is 38.2. The number of halogens is 1. The first-order valence-electron chi connectivity index (χ1n) is 15.8. The monoisotopic (exact) mass is 734 g/mol. The molecule has 1 aliphatic rings. The Morgan fingerprint density at radius 3 is 2.38 bits per heavy atom. The van der Waals surface area contributed by atoms with Crippen molar-refractivity contribution in [1.82, 2.24) is 19.4 Å². The molecule has 1 fully saturated rings. The van der Waals surface area contributed by atoms with Gasteiger partial charge in [-0.1, -0.05) is 42.5 Å². The van der Waals surface area contributed by atoms with Gasteiger partial charge in [0.25, 0.3) is 22.9 Å². The van der Waals surface area contributed by atoms with Gasteiger partial charge in [-0.15, -0.1) is 0 Å². The Labute approximate surface area is 297 Å². The summed E-state index contributed by atoms with van der Waals surface area (Å²) in [7, 11) is 1.08. The van der Waals surface area contributed by atoms with E-state index in [0.717, 1.165) is 37.1 Å². The predicted molar refractivity (Wildman–Crippen MR) is 178 cm³/mol. The lowest BCUT2D eigenvalue weighted by atomic mass is 10.1. The number of hydrogen-bond donors (Lipinski definition) is 2. The highest BCUT2D eigenvalue weighted by Gasteiger charge is 2.39. The van der Waals surface area contributed by atoms with Gasteiger partial charge in [-0.05, 0) is 23.8 Å². The smallest absolute Gasteiger partial charge is 0.344 e. The van der Waals surface area contributed by atoms with Crippen LogP contribution in [0.4, 0.5) is 4.39 Å². The fraction of sp³-hybridized carbons (Fsp3) is 0.257. The van der Waals surface area contributed by atoms with E-state index in [1.807, 2.05) is 18.2 Å². The second-order valence-corrected chi connectivity index (χ2v) is 11.4. The van der Waals surface area contributed by atoms with E-state index in [9.17, 15) is 38.4 Å². The minimum atomic E-state index is -1.63. The van der Waals surface area contributed by atoms with Crippen molar-refractivity contribution in [3.05, 3.63) is 132 Å². The third-order valence-corrected chi connectivity index (χ3v) is 7.87. The molecule has 2 N–H and O–H groups in total. The molecule has 0 spiro atoms. The molecule has 17 nitrogen and oxygen atoms in total. The fourth-order valence-electron chi connectivity index (χ4n) is 5.30. The van der Waals surface area contributed by atoms with Crippen molar-refractivity contribution >= 4 is 29.7 Å². The van der Waals surface area contributed by atoms with Crippen molar-refractivity contribution in [2.45, 2.75) is 38.4 Å². The van der Waals surface area contributed by atoms with E-state index < -0.39 is 99.8 Å². The normalized spacial score (nSPS) is 16.4. The van der Waals surface area contributed by atoms with Crippen molar-refractivity contribution in [1.29, 1.82) is 0 Å². The van der Waals surface area contributed by atoms with Gasteiger partial charge in [-0.25, -0.2) is 9.59 Å². The minimum Gasteiger partial charge on any atom is -0.468 e. The molecule has 2 aromatic carbocycles. The number of benzene rings is 2. The van der Waals surface area contributed by atoms with Gasteiger partial charge in [0.1, 0.15) is 31.0 Å². The summed E-state index contributed by atoms with van der Waals surface area (Å²) in [6, 6.07) is 14.9. The summed E-state index contributed by atoms with van der Waals surface area (Å²) in [5, 5.41) is 2.14. The lowest BCUT2D eigenvalue weighted by Gasteiger charge is -2.19. The molecular weight excluding hydrogens is 703 g/mol. The first-order chi connectivity index (χ1) is 25.4. The Kier molecular flexibility index (Phi) is 11.9. The van der Waals surface area contributed by atoms with E-state index in [1.54, 1.807) is 12.1 Å². The number of amides is 1. The largest absolute Gasteiger partial charge is 0.468 e. The van der Waals surface area contributed by atoms with Crippen LogP contribution in [-0.4, -0.2) is 76.3 Å². The molecule has 3 heterocycles. The van der Waals surface area contributed by atoms with Crippen LogP contribution in [0.5, 0.6) is 5.75 Å². The summed E-state index contributed by atoms with van der Waals surface area (Å²) in [5.74, 6) is -7.37. The molecule has 4 aromatic rings. The molecule has 2 aromatic heterocycles. The van der Waals surface area contributed by atoms with Crippen LogP contribution in [0.25, 0.3) is 0 Å². The molecule has 1 saturated heterocycles. The zero-order valence-electron chi connectivity index (χ0n) is 28.1. The molecule has 0 saturated carbocycles. The minimum absolute atomic E-state index is 0.0249. The van der Waals surface area contributed by atoms with Gasteiger partial charge in [-0.3, -0.25) is 33.3 Å². The molecule has 0 radical (unpaired) electrons. The van der Waals surface area contributed by atoms with E-state index in [-0.39, 0.29) is 24.2 Å². The second kappa shape index (κ2) is 16.7. The highest BCUT2D eigenvalue weighted by molar-refractivity contribution is 6.07. The quantitative estimate of drug-likeness (QED) is 0.195. The van der Waals surface area contributed by atoms with Crippen molar-refractivity contribution in [3.8, 4) is 5.75 Å². The lowest BCUT2D eigenvalue weighted by molar-refractivity contribution is -0.148. The van der Waals surface area contributed by atoms with Gasteiger partial charge < -0.3 is 34.0 Å². The van der Waals surface area contributed by atoms with Crippen molar-refractivity contribution in [2.24, 2.45) is 0 Å². The van der Waals surface area contributed by atoms with E-state index in [0.29, 0.717) is 10.8 Å². The summed E-state index contributed by atoms with van der Waals surface area (Å²) >= 11 is 0. The maximum absolute atomic E-state index is 15.2. The van der Waals surface area contributed by atoms with Gasteiger partial charge in [0.2, 0.25) is 5.82 Å². The topological polar surface area (TPSA) is 220 Å². The van der Waals surface area contributed by atoms with Gasteiger partial charge in [0, 0.05) is 19.5 Å². The molecule has 0 bridgehead atoms. The summed E-state index contributed by atoms with van der Waals surface area (Å²) < 4.78 is 42.6. The number of methoxy groups -OCH3 is 1. The first-order valence-corrected chi connectivity index (χ1v) is 15.8. The molecule has 0 aliphatic carbocycles. The molecule has 0 unspecified atom stereocenters. The van der Waals surface area contributed by atoms with Crippen molar-refractivity contribution < 1.29 is 52.0 Å². The molecule has 1 amide bonds. The molecule has 5 rings (SSSR count). The Balaban J connectivity index is 1.44. The zero-order valence-corrected chi connectivity index (χ0v) is 28.1. The molecule has 3 atom stereocenters. The van der Waals surface area contributed by atoms with Crippen molar-refractivity contribution in [3.63, 3.8) is 0 Å². The van der Waals surface area contributed by atoms with E-state index >= 15 is 4.39 Å². The number of ether oxygens (including phenoxy) is 5. The number of nitrogens with zero attached hydrogens (tertiary/aromatic N) is 2. The van der Waals surface area contributed by atoms with Crippen LogP contribution in [0.15, 0.2) is 87.4 Å². The summed E-state index contributed by atoms with van der Waals surface area (Å²) in [5.41, 5.74) is -4.97. The molecule has 276 valence electrons. The Morgan fingerprint density at radius 2 is 1.68 bits per heavy atom. The Bertz CT molecular complexity index is 2230. The average Bonchev–Trinajstić information content (AvgIpc) is 3.56. The molecule has 53 heavy (non-hydrogen) atoms. The van der Waals surface area contributed by atoms with Gasteiger partial charge >= 0.3 is 23.6 Å². The highest BCUT2D eigenvalue weighted by Crippen LogP contribution is 2.31. The van der Waals surface area contributed by atoms with Crippen LogP contribution in [0.3, 0.4) is 0 Å². The average molecular weight is 735 g/mol. The van der Waals surface area contributed by atoms with Crippen LogP contribution in [0.2, 0.25) is 0 Å². The third kappa shape index (κ3) is 8.68. The third-order valence-electron chi connectivity index (χ3n) is 7.87. The predicted octanol–water partition coefficient (Wildman–Crippen LogP) is 1.08. The van der Waals surface area contributed by atoms with Gasteiger partial charge in [0.15, 0.2) is 5.75 Å². The number of carbonyl (C=O) groups excluding carboxylic acids is 5. The number of rotatable bonds is 12. The van der Waals surface area contributed by atoms with E-state index in [4.69, 9.17) is 18.9 Å². The Morgan fingerprint density at radius 1 is 0.981 bits per heavy atom. The number of H-pyrrole nitrogens is 1. The number of hydrogen-bond acceptors (Lipinski definition) is 13. The number of aromatic amines is 1. The SMILES string of the molecule is COC(=O)CNC(=O)c1c(OC(=O)c2ccccc2C(=O)n2c(=O)c(F)cn([C@H]3C[C@@H](OCc4ccccc4)[C@@H](COC(C)=O)O3)c2=O)cc[nH]c1=O. The standard InChI is InChI=1S/C35H31FN4O13/c1-19(41)50-18-26-25(51-17-20-8-4-3-5-9-20)14-27(52-26)39-16-23(36)33(46)40(35(39)48)32(45)21-10-6-7-11-22(21)34(47)53-24-12-13-37-30(43)29(24)31(44)38-15-28(42)49-2/h3-13,16,25-27H,14-15,17-18H2,1-2H3,(H,37,43)(H,38,44)/t25-,26-,27-/m1/s1. The number of carbonyl (C=O) groups is 5. The van der Waals surface area contributed by atoms with Crippen LogP contribution in [0, 0.1) is 5.82 Å². The second-order valence-electron chi connectivity index (χ2n) is 11.4. The molecule has 1 aliphatic heterocycles. The summed E-state index contributed by atoms with van der Waals surface area (Å²) in [4.78, 5) is 104. The molecule has 18 heteroatoms. The fourth-order valence-corrected chi connectivity index (χ4v) is 5.30. The van der Waals surface area contributed by atoms with E-state index in [2.05, 4.69) is 15.0 Å². The number of nitrogens with one attached hydrogen (secondary N) is 2. The van der Waals surface area contributed by atoms with E-state index in [1.165, 1.54) is 19.1 Å². The van der Waals surface area contributed by atoms with Crippen molar-refractivity contribution in [2.75, 3.05) is 20.3 Å². The first kappa shape index (κ1) is 37.7. The Hall–Kier alpha value is -6.53. The van der Waals surface area contributed by atoms with Gasteiger partial charge in [-0.2, -0.15) is 8.96 Å². The highest BCUT2D eigenvalue weighted by atomic mass is 19.1. The maximum atomic E-state index is 15.2. The number of aromatic nitrogens is 3. The molecular formula is C35H31FN4O13. The summed E-state index contributed by atoms with van der Waals surface area (Å²) in [6.07, 6.45) is -1.45. The van der Waals surface area contributed by atoms with Crippen LogP contribution in [0.1, 0.15) is 56.2 Å². The van der Waals surface area contributed by atoms with Crippen LogP contribution < -0.4 is 26.9 Å². The number of pyridine rings is 1. The van der Waals surface area contributed by atoms with Crippen LogP contribution in [-0.2, 0) is 35.1 Å². The number of esters is 3. The lowest BCUT2D eigenvalue weighted by Crippen LogP contribution is -2.46. The van der Waals surface area contributed by atoms with Crippen LogP contribution >= 0.6 is 0 Å². The summed E-state index contributed by atoms with van der Waals surface area (Å²) in [6.45, 7) is 0.403.